The highest BCUT2D eigenvalue weighted by atomic mass is 79.9. The van der Waals surface area contributed by atoms with Crippen LogP contribution in [0.5, 0.6) is 0 Å². The van der Waals surface area contributed by atoms with Crippen molar-refractivity contribution >= 4 is 27.7 Å². The lowest BCUT2D eigenvalue weighted by molar-refractivity contribution is -0.136. The molecule has 2 aromatic heterocycles. The van der Waals surface area contributed by atoms with Gasteiger partial charge in [-0.1, -0.05) is 0 Å². The predicted molar refractivity (Wildman–Crippen MR) is 74.0 cm³/mol. The summed E-state index contributed by atoms with van der Waals surface area (Å²) in [6, 6.07) is 1.95. The number of H-pyrrole nitrogens is 1. The lowest BCUT2D eigenvalue weighted by atomic mass is 9.84. The average molecular weight is 333 g/mol. The van der Waals surface area contributed by atoms with Crippen molar-refractivity contribution in [3.05, 3.63) is 51.5 Å². The van der Waals surface area contributed by atoms with E-state index in [4.69, 9.17) is 4.74 Å². The number of anilines is 1. The van der Waals surface area contributed by atoms with Crippen LogP contribution in [0.2, 0.25) is 0 Å². The fraction of sp³-hybridized carbons (Fsp3) is 0.154. The van der Waals surface area contributed by atoms with Crippen LogP contribution in [0.4, 0.5) is 5.82 Å². The molecule has 2 aliphatic rings. The monoisotopic (exact) mass is 332 g/mol. The number of esters is 1. The standard InChI is InChI=1S/C13H9BrN4O2/c14-7-1-6(2-15-3-7)10-8-4-16-18-12(8)17-9-5-20-13(19)11(9)10/h1-4,10H,5H2,(H2,16,17,18). The van der Waals surface area contributed by atoms with Crippen LogP contribution in [-0.2, 0) is 9.53 Å². The van der Waals surface area contributed by atoms with Gasteiger partial charge in [-0.25, -0.2) is 4.79 Å². The Balaban J connectivity index is 1.93. The van der Waals surface area contributed by atoms with Crippen LogP contribution in [0.25, 0.3) is 0 Å². The first kappa shape index (κ1) is 11.7. The highest BCUT2D eigenvalue weighted by Gasteiger charge is 2.39. The molecule has 4 rings (SSSR count). The highest BCUT2D eigenvalue weighted by Crippen LogP contribution is 2.43. The van der Waals surface area contributed by atoms with E-state index in [0.717, 1.165) is 27.1 Å². The summed E-state index contributed by atoms with van der Waals surface area (Å²) in [5, 5.41) is 10.1. The van der Waals surface area contributed by atoms with Crippen molar-refractivity contribution in [1.82, 2.24) is 15.2 Å². The third-order valence-corrected chi connectivity index (χ3v) is 3.93. The van der Waals surface area contributed by atoms with Crippen LogP contribution < -0.4 is 5.32 Å². The molecule has 2 aliphatic heterocycles. The average Bonchev–Trinajstić information content (AvgIpc) is 3.04. The van der Waals surface area contributed by atoms with Gasteiger partial charge >= 0.3 is 5.97 Å². The van der Waals surface area contributed by atoms with Crippen LogP contribution in [0, 0.1) is 0 Å². The Hall–Kier alpha value is -2.15. The highest BCUT2D eigenvalue weighted by molar-refractivity contribution is 9.10. The van der Waals surface area contributed by atoms with Gasteiger partial charge in [0.05, 0.1) is 17.5 Å². The molecule has 4 heterocycles. The number of pyridine rings is 1. The molecule has 0 spiro atoms. The summed E-state index contributed by atoms with van der Waals surface area (Å²) in [7, 11) is 0. The van der Waals surface area contributed by atoms with Gasteiger partial charge in [-0.05, 0) is 27.6 Å². The minimum absolute atomic E-state index is 0.208. The molecule has 1 atom stereocenters. The summed E-state index contributed by atoms with van der Waals surface area (Å²) in [6.07, 6.45) is 5.19. The molecule has 100 valence electrons. The van der Waals surface area contributed by atoms with Crippen LogP contribution in [0.1, 0.15) is 17.0 Å². The summed E-state index contributed by atoms with van der Waals surface area (Å²) >= 11 is 3.41. The molecule has 1 unspecified atom stereocenters. The van der Waals surface area contributed by atoms with Gasteiger partial charge in [-0.3, -0.25) is 10.1 Å². The van der Waals surface area contributed by atoms with Gasteiger partial charge in [-0.15, -0.1) is 0 Å². The number of nitrogens with one attached hydrogen (secondary N) is 2. The summed E-state index contributed by atoms with van der Waals surface area (Å²) in [5.74, 6) is 0.302. The molecule has 0 aliphatic carbocycles. The molecule has 7 heteroatoms. The van der Waals surface area contributed by atoms with E-state index in [1.54, 1.807) is 18.6 Å². The third-order valence-electron chi connectivity index (χ3n) is 3.50. The molecule has 0 bridgehead atoms. The Bertz CT molecular complexity index is 752. The van der Waals surface area contributed by atoms with E-state index in [-0.39, 0.29) is 18.5 Å². The number of aromatic nitrogens is 3. The maximum Gasteiger partial charge on any atom is 0.337 e. The maximum atomic E-state index is 12.0. The van der Waals surface area contributed by atoms with Gasteiger partial charge in [0.25, 0.3) is 0 Å². The summed E-state index contributed by atoms with van der Waals surface area (Å²) < 4.78 is 6.01. The predicted octanol–water partition coefficient (Wildman–Crippen LogP) is 1.94. The van der Waals surface area contributed by atoms with E-state index < -0.39 is 0 Å². The Morgan fingerprint density at radius 3 is 3.10 bits per heavy atom. The molecule has 0 saturated heterocycles. The zero-order valence-electron chi connectivity index (χ0n) is 10.2. The number of ether oxygens (including phenoxy) is 1. The van der Waals surface area contributed by atoms with Crippen molar-refractivity contribution < 1.29 is 9.53 Å². The van der Waals surface area contributed by atoms with Crippen LogP contribution in [0.3, 0.4) is 0 Å². The number of cyclic esters (lactones) is 1. The van der Waals surface area contributed by atoms with Crippen LogP contribution in [0.15, 0.2) is 40.4 Å². The van der Waals surface area contributed by atoms with Crippen LogP contribution in [-0.4, -0.2) is 27.8 Å². The molecule has 20 heavy (non-hydrogen) atoms. The van der Waals surface area contributed by atoms with Crippen molar-refractivity contribution in [2.75, 3.05) is 11.9 Å². The Morgan fingerprint density at radius 2 is 2.25 bits per heavy atom. The molecule has 0 amide bonds. The number of rotatable bonds is 1. The number of halogens is 1. The molecule has 0 saturated carbocycles. The largest absolute Gasteiger partial charge is 0.456 e. The molecule has 2 N–H and O–H groups in total. The molecule has 0 aromatic carbocycles. The maximum absolute atomic E-state index is 12.0. The zero-order chi connectivity index (χ0) is 13.7. The van der Waals surface area contributed by atoms with Crippen LogP contribution >= 0.6 is 15.9 Å². The number of carbonyl (C=O) groups excluding carboxylic acids is 1. The van der Waals surface area contributed by atoms with E-state index in [2.05, 4.69) is 36.4 Å². The van der Waals surface area contributed by atoms with Gasteiger partial charge in [-0.2, -0.15) is 5.10 Å². The number of aromatic amines is 1. The van der Waals surface area contributed by atoms with E-state index in [9.17, 15) is 4.79 Å². The molecular weight excluding hydrogens is 324 g/mol. The SMILES string of the molecule is O=C1OCC2=C1C(c1cncc(Br)c1)c1cn[nH]c1N2. The topological polar surface area (TPSA) is 79.9 Å². The Labute approximate surface area is 122 Å². The summed E-state index contributed by atoms with van der Waals surface area (Å²) in [6.45, 7) is 0.268. The van der Waals surface area contributed by atoms with E-state index in [0.29, 0.717) is 5.57 Å². The van der Waals surface area contributed by atoms with Gasteiger partial charge in [0.2, 0.25) is 0 Å². The summed E-state index contributed by atoms with van der Waals surface area (Å²) in [4.78, 5) is 16.2. The number of carbonyl (C=O) groups is 1. The number of nitrogens with zero attached hydrogens (tertiary/aromatic N) is 2. The van der Waals surface area contributed by atoms with Gasteiger partial charge < -0.3 is 10.1 Å². The van der Waals surface area contributed by atoms with Crippen molar-refractivity contribution in [1.29, 1.82) is 0 Å². The third kappa shape index (κ3) is 1.59. The first-order valence-corrected chi connectivity index (χ1v) is 6.84. The first-order chi connectivity index (χ1) is 9.74. The smallest absolute Gasteiger partial charge is 0.337 e. The van der Waals surface area contributed by atoms with E-state index in [1.807, 2.05) is 6.07 Å². The molecule has 0 radical (unpaired) electrons. The lowest BCUT2D eigenvalue weighted by Crippen LogP contribution is -2.19. The second kappa shape index (κ2) is 4.17. The van der Waals surface area contributed by atoms with Crippen molar-refractivity contribution in [3.63, 3.8) is 0 Å². The minimum atomic E-state index is -0.288. The normalized spacial score (nSPS) is 20.2. The Morgan fingerprint density at radius 1 is 1.35 bits per heavy atom. The van der Waals surface area contributed by atoms with E-state index in [1.165, 1.54) is 0 Å². The molecule has 2 aromatic rings. The Kier molecular flexibility index (Phi) is 2.43. The summed E-state index contributed by atoms with van der Waals surface area (Å²) in [5.41, 5.74) is 3.27. The number of hydrogen-bond donors (Lipinski definition) is 2. The van der Waals surface area contributed by atoms with Gasteiger partial charge in [0.15, 0.2) is 0 Å². The molecule has 6 nitrogen and oxygen atoms in total. The number of fused-ring (bicyclic) bond motifs is 1. The zero-order valence-corrected chi connectivity index (χ0v) is 11.8. The quantitative estimate of drug-likeness (QED) is 0.780. The minimum Gasteiger partial charge on any atom is -0.456 e. The van der Waals surface area contributed by atoms with Gasteiger partial charge in [0.1, 0.15) is 12.4 Å². The molecular formula is C13H9BrN4O2. The van der Waals surface area contributed by atoms with Crippen molar-refractivity contribution in [3.8, 4) is 0 Å². The first-order valence-electron chi connectivity index (χ1n) is 6.05. The second-order valence-corrected chi connectivity index (χ2v) is 5.58. The fourth-order valence-corrected chi connectivity index (χ4v) is 3.05. The fourth-order valence-electron chi connectivity index (χ4n) is 2.67. The van der Waals surface area contributed by atoms with Crippen molar-refractivity contribution in [2.45, 2.75) is 5.92 Å². The molecule has 0 fully saturated rings. The second-order valence-electron chi connectivity index (χ2n) is 4.66. The van der Waals surface area contributed by atoms with E-state index >= 15 is 0 Å². The van der Waals surface area contributed by atoms with Gasteiger partial charge in [0, 0.05) is 28.3 Å². The lowest BCUT2D eigenvalue weighted by Gasteiger charge is -2.23. The number of hydrogen-bond acceptors (Lipinski definition) is 5. The van der Waals surface area contributed by atoms with Crippen molar-refractivity contribution in [2.24, 2.45) is 0 Å².